The number of benzene rings is 1. The van der Waals surface area contributed by atoms with Crippen molar-refractivity contribution >= 4 is 30.2 Å². The zero-order valence-electron chi connectivity index (χ0n) is 7.95. The normalized spacial score (nSPS) is 9.47. The number of esters is 1. The Labute approximate surface area is 98.0 Å². The summed E-state index contributed by atoms with van der Waals surface area (Å²) in [6.45, 7) is 0. The second-order valence-corrected chi connectivity index (χ2v) is 3.73. The first kappa shape index (κ1) is 11.9. The van der Waals surface area contributed by atoms with Crippen LogP contribution in [0.5, 0.6) is 0 Å². The molecule has 3 nitrogen and oxygen atoms in total. The highest BCUT2D eigenvalue weighted by Gasteiger charge is 2.09. The highest BCUT2D eigenvalue weighted by atomic mass is 35.5. The first-order valence-electron chi connectivity index (χ1n) is 4.06. The Morgan fingerprint density at radius 2 is 2.33 bits per heavy atom. The van der Waals surface area contributed by atoms with Crippen LogP contribution in [-0.4, -0.2) is 13.1 Å². The fraction of sp³-hybridized carbons (Fsp3) is 0.200. The molecule has 1 aromatic carbocycles. The predicted octanol–water partition coefficient (Wildman–Crippen LogP) is 2.22. The molecule has 0 aliphatic carbocycles. The van der Waals surface area contributed by atoms with Crippen LogP contribution in [0.25, 0.3) is 0 Å². The molecule has 0 saturated carbocycles. The molecule has 0 atom stereocenters. The quantitative estimate of drug-likeness (QED) is 0.638. The average Bonchev–Trinajstić information content (AvgIpc) is 2.17. The molecule has 1 aromatic rings. The van der Waals surface area contributed by atoms with Gasteiger partial charge in [0.2, 0.25) is 0 Å². The van der Waals surface area contributed by atoms with E-state index in [1.54, 1.807) is 12.1 Å². The van der Waals surface area contributed by atoms with Gasteiger partial charge >= 0.3 is 5.97 Å². The predicted molar refractivity (Wildman–Crippen MR) is 59.1 cm³/mol. The van der Waals surface area contributed by atoms with Crippen molar-refractivity contribution in [1.82, 2.24) is 0 Å². The SMILES string of the molecule is COC(=O)Cc1cc(S)c(C#N)c(Cl)c1. The number of methoxy groups -OCH3 is 1. The Hall–Kier alpha value is -1.18. The van der Waals surface area contributed by atoms with Crippen LogP contribution in [0.15, 0.2) is 17.0 Å². The second-order valence-electron chi connectivity index (χ2n) is 2.84. The Morgan fingerprint density at radius 3 is 2.80 bits per heavy atom. The lowest BCUT2D eigenvalue weighted by molar-refractivity contribution is -0.139. The zero-order chi connectivity index (χ0) is 11.4. The van der Waals surface area contributed by atoms with Gasteiger partial charge in [0.1, 0.15) is 6.07 Å². The maximum absolute atomic E-state index is 11.0. The first-order chi connectivity index (χ1) is 7.08. The summed E-state index contributed by atoms with van der Waals surface area (Å²) in [6, 6.07) is 5.13. The molecule has 5 heteroatoms. The summed E-state index contributed by atoms with van der Waals surface area (Å²) >= 11 is 9.95. The Balaban J connectivity index is 3.05. The van der Waals surface area contributed by atoms with Crippen LogP contribution in [0, 0.1) is 11.3 Å². The lowest BCUT2D eigenvalue weighted by Gasteiger charge is -2.04. The zero-order valence-corrected chi connectivity index (χ0v) is 9.60. The van der Waals surface area contributed by atoms with Gasteiger partial charge in [0.25, 0.3) is 0 Å². The summed E-state index contributed by atoms with van der Waals surface area (Å²) in [6.07, 6.45) is 0.121. The van der Waals surface area contributed by atoms with Gasteiger partial charge in [-0.3, -0.25) is 4.79 Å². The average molecular weight is 242 g/mol. The van der Waals surface area contributed by atoms with Crippen molar-refractivity contribution in [2.24, 2.45) is 0 Å². The monoisotopic (exact) mass is 241 g/mol. The molecule has 0 aliphatic rings. The molecule has 0 N–H and O–H groups in total. The van der Waals surface area contributed by atoms with Crippen LogP contribution < -0.4 is 0 Å². The van der Waals surface area contributed by atoms with Crippen molar-refractivity contribution in [1.29, 1.82) is 5.26 Å². The molecule has 0 heterocycles. The molecule has 78 valence electrons. The van der Waals surface area contributed by atoms with E-state index in [-0.39, 0.29) is 12.4 Å². The van der Waals surface area contributed by atoms with Crippen molar-refractivity contribution in [3.63, 3.8) is 0 Å². The van der Waals surface area contributed by atoms with E-state index < -0.39 is 0 Å². The van der Waals surface area contributed by atoms with E-state index in [9.17, 15) is 4.79 Å². The molecule has 0 aromatic heterocycles. The van der Waals surface area contributed by atoms with Gasteiger partial charge in [-0.2, -0.15) is 5.26 Å². The minimum Gasteiger partial charge on any atom is -0.469 e. The minimum absolute atomic E-state index is 0.121. The second kappa shape index (κ2) is 5.06. The number of nitriles is 1. The van der Waals surface area contributed by atoms with E-state index in [1.165, 1.54) is 7.11 Å². The number of halogens is 1. The van der Waals surface area contributed by atoms with Gasteiger partial charge < -0.3 is 4.74 Å². The molecule has 0 bridgehead atoms. The number of carbonyl (C=O) groups excluding carboxylic acids is 1. The summed E-state index contributed by atoms with van der Waals surface area (Å²) in [4.78, 5) is 11.5. The largest absolute Gasteiger partial charge is 0.469 e. The Morgan fingerprint density at radius 1 is 1.67 bits per heavy atom. The third-order valence-corrected chi connectivity index (χ3v) is 2.47. The van der Waals surface area contributed by atoms with Crippen LogP contribution in [0.4, 0.5) is 0 Å². The molecule has 0 saturated heterocycles. The number of hydrogen-bond donors (Lipinski definition) is 1. The summed E-state index contributed by atoms with van der Waals surface area (Å²) < 4.78 is 4.52. The van der Waals surface area contributed by atoms with E-state index in [1.807, 2.05) is 6.07 Å². The maximum Gasteiger partial charge on any atom is 0.309 e. The van der Waals surface area contributed by atoms with E-state index in [0.717, 1.165) is 0 Å². The highest BCUT2D eigenvalue weighted by molar-refractivity contribution is 7.80. The highest BCUT2D eigenvalue weighted by Crippen LogP contribution is 2.24. The summed E-state index contributed by atoms with van der Waals surface area (Å²) in [5.74, 6) is -0.358. The van der Waals surface area contributed by atoms with Crippen LogP contribution in [-0.2, 0) is 16.0 Å². The summed E-state index contributed by atoms with van der Waals surface area (Å²) in [5.41, 5.74) is 0.990. The van der Waals surface area contributed by atoms with E-state index in [2.05, 4.69) is 17.4 Å². The van der Waals surface area contributed by atoms with Crippen LogP contribution in [0.2, 0.25) is 5.02 Å². The number of hydrogen-bond acceptors (Lipinski definition) is 4. The molecule has 0 unspecified atom stereocenters. The lowest BCUT2D eigenvalue weighted by atomic mass is 10.1. The van der Waals surface area contributed by atoms with Crippen molar-refractivity contribution in [2.45, 2.75) is 11.3 Å². The third-order valence-electron chi connectivity index (χ3n) is 1.82. The molecule has 0 spiro atoms. The molecule has 15 heavy (non-hydrogen) atoms. The molecular formula is C10H8ClNO2S. The van der Waals surface area contributed by atoms with Gasteiger partial charge in [-0.05, 0) is 17.7 Å². The number of thiol groups is 1. The maximum atomic E-state index is 11.0. The topological polar surface area (TPSA) is 50.1 Å². The van der Waals surface area contributed by atoms with Gasteiger partial charge in [0, 0.05) is 4.90 Å². The summed E-state index contributed by atoms with van der Waals surface area (Å²) in [5, 5.41) is 9.04. The van der Waals surface area contributed by atoms with Crippen molar-refractivity contribution in [3.05, 3.63) is 28.3 Å². The molecule has 0 aliphatic heterocycles. The van der Waals surface area contributed by atoms with Crippen LogP contribution in [0.3, 0.4) is 0 Å². The van der Waals surface area contributed by atoms with Gasteiger partial charge in [-0.15, -0.1) is 12.6 Å². The molecule has 0 amide bonds. The Kier molecular flexibility index (Phi) is 4.01. The number of nitrogens with zero attached hydrogens (tertiary/aromatic N) is 1. The van der Waals surface area contributed by atoms with Crippen molar-refractivity contribution in [2.75, 3.05) is 7.11 Å². The number of carbonyl (C=O) groups is 1. The number of ether oxygens (including phenoxy) is 1. The third kappa shape index (κ3) is 2.88. The van der Waals surface area contributed by atoms with E-state index in [4.69, 9.17) is 16.9 Å². The molecule has 0 fully saturated rings. The summed E-state index contributed by atoms with van der Waals surface area (Å²) in [7, 11) is 1.31. The van der Waals surface area contributed by atoms with Crippen molar-refractivity contribution in [3.8, 4) is 6.07 Å². The van der Waals surface area contributed by atoms with E-state index in [0.29, 0.717) is 21.0 Å². The first-order valence-corrected chi connectivity index (χ1v) is 4.89. The fourth-order valence-electron chi connectivity index (χ4n) is 1.10. The van der Waals surface area contributed by atoms with E-state index >= 15 is 0 Å². The van der Waals surface area contributed by atoms with Gasteiger partial charge in [-0.25, -0.2) is 0 Å². The van der Waals surface area contributed by atoms with Gasteiger partial charge in [-0.1, -0.05) is 11.6 Å². The van der Waals surface area contributed by atoms with Gasteiger partial charge in [0.05, 0.1) is 24.1 Å². The Bertz CT molecular complexity index is 417. The number of rotatable bonds is 2. The minimum atomic E-state index is -0.358. The van der Waals surface area contributed by atoms with Crippen LogP contribution >= 0.6 is 24.2 Å². The van der Waals surface area contributed by atoms with Crippen molar-refractivity contribution < 1.29 is 9.53 Å². The molecule has 0 radical (unpaired) electrons. The fourth-order valence-corrected chi connectivity index (χ4v) is 1.78. The van der Waals surface area contributed by atoms with Gasteiger partial charge in [0.15, 0.2) is 0 Å². The molecular weight excluding hydrogens is 234 g/mol. The lowest BCUT2D eigenvalue weighted by Crippen LogP contribution is -2.04. The molecule has 1 rings (SSSR count). The smallest absolute Gasteiger partial charge is 0.309 e. The standard InChI is InChI=1S/C10H8ClNO2S/c1-14-10(13)4-6-2-8(11)7(5-12)9(15)3-6/h2-3,15H,4H2,1H3. The van der Waals surface area contributed by atoms with Crippen LogP contribution in [0.1, 0.15) is 11.1 Å².